The van der Waals surface area contributed by atoms with Gasteiger partial charge in [0.05, 0.1) is 10.7 Å². The molecule has 1 aromatic rings. The van der Waals surface area contributed by atoms with Crippen molar-refractivity contribution < 1.29 is 0 Å². The number of rotatable bonds is 4. The van der Waals surface area contributed by atoms with Crippen LogP contribution in [0, 0.1) is 18.8 Å². The van der Waals surface area contributed by atoms with Gasteiger partial charge in [-0.2, -0.15) is 0 Å². The minimum Gasteiger partial charge on any atom is -0.316 e. The third kappa shape index (κ3) is 3.05. The average Bonchev–Trinajstić information content (AvgIpc) is 2.78. The van der Waals surface area contributed by atoms with E-state index in [9.17, 15) is 0 Å². The van der Waals surface area contributed by atoms with E-state index in [0.717, 1.165) is 12.3 Å². The van der Waals surface area contributed by atoms with Crippen molar-refractivity contribution in [3.05, 3.63) is 15.6 Å². The fourth-order valence-corrected chi connectivity index (χ4v) is 3.36. The summed E-state index contributed by atoms with van der Waals surface area (Å²) in [5.74, 6) is 1.53. The van der Waals surface area contributed by atoms with Crippen molar-refractivity contribution in [2.75, 3.05) is 13.1 Å². The third-order valence-corrected chi connectivity index (χ3v) is 4.20. The lowest BCUT2D eigenvalue weighted by Gasteiger charge is -2.04. The van der Waals surface area contributed by atoms with Gasteiger partial charge in [-0.25, -0.2) is 4.98 Å². The van der Waals surface area contributed by atoms with Gasteiger partial charge in [0.15, 0.2) is 0 Å². The molecule has 3 heteroatoms. The highest BCUT2D eigenvalue weighted by Gasteiger charge is 2.17. The lowest BCUT2D eigenvalue weighted by atomic mass is 10.1. The summed E-state index contributed by atoms with van der Waals surface area (Å²) < 4.78 is 0. The minimum absolute atomic E-state index is 0.710. The summed E-state index contributed by atoms with van der Waals surface area (Å²) in [6.45, 7) is 9.11. The van der Waals surface area contributed by atoms with Crippen LogP contribution in [-0.4, -0.2) is 18.1 Å². The lowest BCUT2D eigenvalue weighted by molar-refractivity contribution is 0.574. The van der Waals surface area contributed by atoms with Crippen LogP contribution in [0.1, 0.15) is 35.8 Å². The zero-order valence-electron chi connectivity index (χ0n) is 10.5. The highest BCUT2D eigenvalue weighted by Crippen LogP contribution is 2.24. The maximum atomic E-state index is 4.80. The Morgan fingerprint density at radius 1 is 1.50 bits per heavy atom. The van der Waals surface area contributed by atoms with E-state index in [1.807, 2.05) is 11.3 Å². The Bertz CT molecular complexity index is 338. The second kappa shape index (κ2) is 5.28. The number of nitrogens with zero attached hydrogens (tertiary/aromatic N) is 1. The normalized spacial score (nSPS) is 20.9. The van der Waals surface area contributed by atoms with Crippen molar-refractivity contribution in [1.29, 1.82) is 0 Å². The SMILES string of the molecule is Cc1sc(CC2CCNC2)nc1CC(C)C. The summed E-state index contributed by atoms with van der Waals surface area (Å²) in [4.78, 5) is 6.23. The molecule has 0 aliphatic carbocycles. The van der Waals surface area contributed by atoms with Crippen molar-refractivity contribution >= 4 is 11.3 Å². The molecule has 0 bridgehead atoms. The number of hydrogen-bond donors (Lipinski definition) is 1. The summed E-state index contributed by atoms with van der Waals surface area (Å²) >= 11 is 1.90. The van der Waals surface area contributed by atoms with Gasteiger partial charge < -0.3 is 5.32 Å². The Morgan fingerprint density at radius 2 is 2.31 bits per heavy atom. The Morgan fingerprint density at radius 3 is 2.94 bits per heavy atom. The molecule has 90 valence electrons. The molecule has 1 aromatic heterocycles. The van der Waals surface area contributed by atoms with Crippen molar-refractivity contribution in [2.45, 2.75) is 40.0 Å². The first kappa shape index (κ1) is 12.1. The minimum atomic E-state index is 0.710. The van der Waals surface area contributed by atoms with E-state index >= 15 is 0 Å². The fraction of sp³-hybridized carbons (Fsp3) is 0.769. The standard InChI is InChI=1S/C13H22N2S/c1-9(2)6-12-10(3)16-13(15-12)7-11-4-5-14-8-11/h9,11,14H,4-8H2,1-3H3. The predicted molar refractivity (Wildman–Crippen MR) is 70.1 cm³/mol. The average molecular weight is 238 g/mol. The van der Waals surface area contributed by atoms with Crippen LogP contribution < -0.4 is 5.32 Å². The van der Waals surface area contributed by atoms with E-state index < -0.39 is 0 Å². The van der Waals surface area contributed by atoms with Gasteiger partial charge in [-0.1, -0.05) is 13.8 Å². The zero-order valence-corrected chi connectivity index (χ0v) is 11.4. The Hall–Kier alpha value is -0.410. The van der Waals surface area contributed by atoms with Crippen molar-refractivity contribution in [3.8, 4) is 0 Å². The van der Waals surface area contributed by atoms with E-state index in [1.165, 1.54) is 41.5 Å². The first-order chi connectivity index (χ1) is 7.65. The van der Waals surface area contributed by atoms with Crippen LogP contribution in [0.25, 0.3) is 0 Å². The van der Waals surface area contributed by atoms with Crippen LogP contribution in [0.2, 0.25) is 0 Å². The molecule has 0 spiro atoms. The molecule has 0 saturated carbocycles. The van der Waals surface area contributed by atoms with E-state index in [0.29, 0.717) is 5.92 Å². The van der Waals surface area contributed by atoms with Crippen LogP contribution in [-0.2, 0) is 12.8 Å². The molecule has 1 N–H and O–H groups in total. The van der Waals surface area contributed by atoms with Crippen molar-refractivity contribution in [2.24, 2.45) is 11.8 Å². The van der Waals surface area contributed by atoms with Gasteiger partial charge in [0.25, 0.3) is 0 Å². The third-order valence-electron chi connectivity index (χ3n) is 3.16. The van der Waals surface area contributed by atoms with Gasteiger partial charge in [0, 0.05) is 11.3 Å². The van der Waals surface area contributed by atoms with Gasteiger partial charge >= 0.3 is 0 Å². The van der Waals surface area contributed by atoms with Crippen LogP contribution in [0.4, 0.5) is 0 Å². The maximum absolute atomic E-state index is 4.80. The molecule has 1 saturated heterocycles. The Labute approximate surface area is 102 Å². The zero-order chi connectivity index (χ0) is 11.5. The van der Waals surface area contributed by atoms with E-state index in [1.54, 1.807) is 0 Å². The molecule has 1 aliphatic rings. The first-order valence-corrected chi connectivity index (χ1v) is 7.12. The van der Waals surface area contributed by atoms with Crippen LogP contribution in [0.3, 0.4) is 0 Å². The Balaban J connectivity index is 1.99. The fourth-order valence-electron chi connectivity index (χ4n) is 2.29. The highest BCUT2D eigenvalue weighted by atomic mass is 32.1. The first-order valence-electron chi connectivity index (χ1n) is 6.31. The van der Waals surface area contributed by atoms with Gasteiger partial charge in [-0.05, 0) is 44.7 Å². The maximum Gasteiger partial charge on any atom is 0.0934 e. The van der Waals surface area contributed by atoms with E-state index in [2.05, 4.69) is 26.1 Å². The largest absolute Gasteiger partial charge is 0.316 e. The molecule has 1 atom stereocenters. The molecule has 1 unspecified atom stereocenters. The molecule has 1 aliphatic heterocycles. The summed E-state index contributed by atoms with van der Waals surface area (Å²) in [6.07, 6.45) is 3.62. The highest BCUT2D eigenvalue weighted by molar-refractivity contribution is 7.11. The molecule has 1 fully saturated rings. The number of aromatic nitrogens is 1. The molecular weight excluding hydrogens is 216 g/mol. The molecule has 16 heavy (non-hydrogen) atoms. The monoisotopic (exact) mass is 238 g/mol. The van der Waals surface area contributed by atoms with Gasteiger partial charge in [-0.15, -0.1) is 11.3 Å². The van der Waals surface area contributed by atoms with Gasteiger partial charge in [-0.3, -0.25) is 0 Å². The van der Waals surface area contributed by atoms with Crippen LogP contribution in [0.15, 0.2) is 0 Å². The molecule has 2 heterocycles. The van der Waals surface area contributed by atoms with Crippen LogP contribution >= 0.6 is 11.3 Å². The molecule has 0 aromatic carbocycles. The van der Waals surface area contributed by atoms with Crippen LogP contribution in [0.5, 0.6) is 0 Å². The Kier molecular flexibility index (Phi) is 3.98. The number of thiazole rings is 1. The summed E-state index contributed by atoms with van der Waals surface area (Å²) in [5, 5.41) is 4.77. The summed E-state index contributed by atoms with van der Waals surface area (Å²) in [6, 6.07) is 0. The molecule has 0 radical (unpaired) electrons. The second-order valence-corrected chi connectivity index (χ2v) is 6.56. The van der Waals surface area contributed by atoms with Gasteiger partial charge in [0.1, 0.15) is 0 Å². The van der Waals surface area contributed by atoms with Crippen molar-refractivity contribution in [3.63, 3.8) is 0 Å². The topological polar surface area (TPSA) is 24.9 Å². The number of nitrogens with one attached hydrogen (secondary N) is 1. The quantitative estimate of drug-likeness (QED) is 0.872. The smallest absolute Gasteiger partial charge is 0.0934 e. The number of aryl methyl sites for hydroxylation is 1. The lowest BCUT2D eigenvalue weighted by Crippen LogP contribution is -2.10. The summed E-state index contributed by atoms with van der Waals surface area (Å²) in [7, 11) is 0. The van der Waals surface area contributed by atoms with Crippen molar-refractivity contribution in [1.82, 2.24) is 10.3 Å². The van der Waals surface area contributed by atoms with E-state index in [-0.39, 0.29) is 0 Å². The summed E-state index contributed by atoms with van der Waals surface area (Å²) in [5.41, 5.74) is 1.33. The molecule has 0 amide bonds. The molecular formula is C13H22N2S. The molecule has 2 rings (SSSR count). The predicted octanol–water partition coefficient (Wildman–Crippen LogP) is 2.80. The van der Waals surface area contributed by atoms with E-state index in [4.69, 9.17) is 4.98 Å². The second-order valence-electron chi connectivity index (χ2n) is 5.27. The molecule has 2 nitrogen and oxygen atoms in total. The number of hydrogen-bond acceptors (Lipinski definition) is 3. The van der Waals surface area contributed by atoms with Gasteiger partial charge in [0.2, 0.25) is 0 Å².